The average Bonchev–Trinajstić information content (AvgIpc) is 1.88. The van der Waals surface area contributed by atoms with Crippen LogP contribution >= 0.6 is 11.8 Å². The van der Waals surface area contributed by atoms with Crippen LogP contribution in [0.3, 0.4) is 0 Å². The molecule has 0 aliphatic carbocycles. The van der Waals surface area contributed by atoms with Gasteiger partial charge in [-0.3, -0.25) is 9.69 Å². The number of primary amides is 1. The van der Waals surface area contributed by atoms with Crippen LogP contribution in [0.1, 0.15) is 0 Å². The van der Waals surface area contributed by atoms with Crippen molar-refractivity contribution in [2.75, 3.05) is 31.1 Å². The maximum Gasteiger partial charge on any atom is 0.231 e. The Morgan fingerprint density at radius 2 is 2.10 bits per heavy atom. The van der Waals surface area contributed by atoms with E-state index in [-0.39, 0.29) is 5.91 Å². The Morgan fingerprint density at radius 3 is 2.60 bits per heavy atom. The molecule has 0 aromatic rings. The zero-order chi connectivity index (χ0) is 7.40. The lowest BCUT2D eigenvalue weighted by molar-refractivity contribution is -0.119. The molecule has 3 nitrogen and oxygen atoms in total. The largest absolute Gasteiger partial charge is 0.369 e. The molecule has 1 heterocycles. The van der Waals surface area contributed by atoms with Gasteiger partial charge in [0.1, 0.15) is 0 Å². The van der Waals surface area contributed by atoms with Crippen molar-refractivity contribution >= 4 is 17.7 Å². The smallest absolute Gasteiger partial charge is 0.231 e. The van der Waals surface area contributed by atoms with E-state index >= 15 is 0 Å². The van der Waals surface area contributed by atoms with Crippen LogP contribution in [0.5, 0.6) is 0 Å². The van der Waals surface area contributed by atoms with Crippen LogP contribution in [0.15, 0.2) is 0 Å². The summed E-state index contributed by atoms with van der Waals surface area (Å²) in [6, 6.07) is 0. The molecule has 0 spiro atoms. The molecule has 0 radical (unpaired) electrons. The average molecular weight is 160 g/mol. The first-order chi connectivity index (χ1) is 4.79. The number of nitrogens with zero attached hydrogens (tertiary/aromatic N) is 1. The highest BCUT2D eigenvalue weighted by molar-refractivity contribution is 7.99. The van der Waals surface area contributed by atoms with Gasteiger partial charge in [-0.25, -0.2) is 0 Å². The van der Waals surface area contributed by atoms with Crippen LogP contribution in [0.2, 0.25) is 0 Å². The van der Waals surface area contributed by atoms with Gasteiger partial charge in [0, 0.05) is 24.6 Å². The minimum atomic E-state index is -0.216. The van der Waals surface area contributed by atoms with Gasteiger partial charge in [0.05, 0.1) is 6.54 Å². The summed E-state index contributed by atoms with van der Waals surface area (Å²) in [6.07, 6.45) is 0. The van der Waals surface area contributed by atoms with Gasteiger partial charge in [0.25, 0.3) is 0 Å². The Kier molecular flexibility index (Phi) is 3.02. The summed E-state index contributed by atoms with van der Waals surface area (Å²) in [5, 5.41) is 0. The van der Waals surface area contributed by atoms with Crippen LogP contribution in [0.25, 0.3) is 0 Å². The number of hydrogen-bond donors (Lipinski definition) is 1. The van der Waals surface area contributed by atoms with E-state index in [2.05, 4.69) is 4.90 Å². The molecular formula is C6H12N2OS. The van der Waals surface area contributed by atoms with Crippen molar-refractivity contribution in [2.45, 2.75) is 0 Å². The fourth-order valence-corrected chi connectivity index (χ4v) is 1.96. The maximum atomic E-state index is 10.4. The van der Waals surface area contributed by atoms with Gasteiger partial charge in [0.2, 0.25) is 5.91 Å². The number of hydrogen-bond acceptors (Lipinski definition) is 3. The van der Waals surface area contributed by atoms with Gasteiger partial charge in [0.15, 0.2) is 0 Å². The third-order valence-electron chi connectivity index (χ3n) is 1.48. The highest BCUT2D eigenvalue weighted by atomic mass is 32.2. The number of amides is 1. The Labute approximate surface area is 64.9 Å². The molecule has 2 N–H and O–H groups in total. The Hall–Kier alpha value is -0.220. The predicted molar refractivity (Wildman–Crippen MR) is 43.0 cm³/mol. The predicted octanol–water partition coefficient (Wildman–Crippen LogP) is -0.479. The summed E-state index contributed by atoms with van der Waals surface area (Å²) in [5.41, 5.74) is 5.04. The molecule has 0 saturated carbocycles. The number of carbonyl (C=O) groups excluding carboxylic acids is 1. The summed E-state index contributed by atoms with van der Waals surface area (Å²) < 4.78 is 0. The van der Waals surface area contributed by atoms with Crippen molar-refractivity contribution in [1.82, 2.24) is 4.90 Å². The molecule has 0 aromatic carbocycles. The molecule has 1 aliphatic rings. The van der Waals surface area contributed by atoms with Crippen LogP contribution in [-0.4, -0.2) is 41.9 Å². The molecule has 1 fully saturated rings. The third kappa shape index (κ3) is 2.58. The van der Waals surface area contributed by atoms with E-state index in [0.29, 0.717) is 6.54 Å². The number of thioether (sulfide) groups is 1. The maximum absolute atomic E-state index is 10.4. The van der Waals surface area contributed by atoms with E-state index in [4.69, 9.17) is 5.73 Å². The van der Waals surface area contributed by atoms with Gasteiger partial charge in [-0.15, -0.1) is 0 Å². The lowest BCUT2D eigenvalue weighted by Crippen LogP contribution is -2.39. The number of carbonyl (C=O) groups is 1. The second kappa shape index (κ2) is 3.83. The van der Waals surface area contributed by atoms with Crippen molar-refractivity contribution in [3.63, 3.8) is 0 Å². The fourth-order valence-electron chi connectivity index (χ4n) is 0.980. The Balaban J connectivity index is 2.19. The number of rotatable bonds is 2. The van der Waals surface area contributed by atoms with Crippen molar-refractivity contribution < 1.29 is 4.79 Å². The van der Waals surface area contributed by atoms with Crippen LogP contribution in [0.4, 0.5) is 0 Å². The molecule has 1 rings (SSSR count). The van der Waals surface area contributed by atoms with E-state index in [1.807, 2.05) is 11.8 Å². The normalized spacial score (nSPS) is 20.8. The molecule has 1 saturated heterocycles. The monoisotopic (exact) mass is 160 g/mol. The molecular weight excluding hydrogens is 148 g/mol. The van der Waals surface area contributed by atoms with Gasteiger partial charge in [-0.2, -0.15) is 11.8 Å². The minimum Gasteiger partial charge on any atom is -0.369 e. The molecule has 58 valence electrons. The highest BCUT2D eigenvalue weighted by Gasteiger charge is 2.11. The topological polar surface area (TPSA) is 46.3 Å². The van der Waals surface area contributed by atoms with Gasteiger partial charge in [-0.05, 0) is 0 Å². The van der Waals surface area contributed by atoms with Gasteiger partial charge >= 0.3 is 0 Å². The van der Waals surface area contributed by atoms with Crippen molar-refractivity contribution in [2.24, 2.45) is 5.73 Å². The van der Waals surface area contributed by atoms with Crippen molar-refractivity contribution in [3.05, 3.63) is 0 Å². The van der Waals surface area contributed by atoms with E-state index in [1.54, 1.807) is 0 Å². The summed E-state index contributed by atoms with van der Waals surface area (Å²) in [5.74, 6) is 2.05. The first-order valence-electron chi connectivity index (χ1n) is 3.37. The second-order valence-corrected chi connectivity index (χ2v) is 3.58. The minimum absolute atomic E-state index is 0.216. The standard InChI is InChI=1S/C6H12N2OS/c7-6(9)5-8-1-3-10-4-2-8/h1-5H2,(H2,7,9). The summed E-state index contributed by atoms with van der Waals surface area (Å²) in [6.45, 7) is 2.45. The van der Waals surface area contributed by atoms with Gasteiger partial charge in [-0.1, -0.05) is 0 Å². The molecule has 0 unspecified atom stereocenters. The lowest BCUT2D eigenvalue weighted by Gasteiger charge is -2.24. The molecule has 10 heavy (non-hydrogen) atoms. The zero-order valence-electron chi connectivity index (χ0n) is 5.88. The molecule has 1 aliphatic heterocycles. The quantitative estimate of drug-likeness (QED) is 0.593. The van der Waals surface area contributed by atoms with E-state index < -0.39 is 0 Å². The molecule has 0 bridgehead atoms. The van der Waals surface area contributed by atoms with Crippen molar-refractivity contribution in [1.29, 1.82) is 0 Å². The van der Waals surface area contributed by atoms with E-state index in [1.165, 1.54) is 0 Å². The summed E-state index contributed by atoms with van der Waals surface area (Å²) in [7, 11) is 0. The Morgan fingerprint density at radius 1 is 1.50 bits per heavy atom. The SMILES string of the molecule is NC(=O)CN1CCSCC1. The first-order valence-corrected chi connectivity index (χ1v) is 4.53. The van der Waals surface area contributed by atoms with E-state index in [9.17, 15) is 4.79 Å². The van der Waals surface area contributed by atoms with Crippen molar-refractivity contribution in [3.8, 4) is 0 Å². The van der Waals surface area contributed by atoms with Crippen LogP contribution < -0.4 is 5.73 Å². The highest BCUT2D eigenvalue weighted by Crippen LogP contribution is 2.07. The molecule has 4 heteroatoms. The number of nitrogens with two attached hydrogens (primary N) is 1. The Bertz CT molecular complexity index is 123. The van der Waals surface area contributed by atoms with Crippen LogP contribution in [0, 0.1) is 0 Å². The zero-order valence-corrected chi connectivity index (χ0v) is 6.69. The first kappa shape index (κ1) is 7.88. The third-order valence-corrected chi connectivity index (χ3v) is 2.43. The second-order valence-electron chi connectivity index (χ2n) is 2.35. The molecule has 0 atom stereocenters. The fraction of sp³-hybridized carbons (Fsp3) is 0.833. The molecule has 1 amide bonds. The molecule has 0 aromatic heterocycles. The van der Waals surface area contributed by atoms with Crippen LogP contribution in [-0.2, 0) is 4.79 Å². The summed E-state index contributed by atoms with van der Waals surface area (Å²) >= 11 is 1.93. The van der Waals surface area contributed by atoms with Gasteiger partial charge < -0.3 is 5.73 Å². The summed E-state index contributed by atoms with van der Waals surface area (Å²) in [4.78, 5) is 12.5. The van der Waals surface area contributed by atoms with E-state index in [0.717, 1.165) is 24.6 Å². The lowest BCUT2D eigenvalue weighted by atomic mass is 10.4.